The fourth-order valence-corrected chi connectivity index (χ4v) is 2.24. The van der Waals surface area contributed by atoms with Crippen molar-refractivity contribution < 1.29 is 5.11 Å². The van der Waals surface area contributed by atoms with E-state index in [1.54, 1.807) is 6.92 Å². The van der Waals surface area contributed by atoms with E-state index in [1.807, 2.05) is 12.1 Å². The van der Waals surface area contributed by atoms with Gasteiger partial charge < -0.3 is 10.0 Å². The fraction of sp³-hybridized carbons (Fsp3) is 0.294. The number of nitrogens with zero attached hydrogens (tertiary/aromatic N) is 1. The molecule has 0 radical (unpaired) electrons. The van der Waals surface area contributed by atoms with Gasteiger partial charge in [0.2, 0.25) is 0 Å². The molecule has 0 spiro atoms. The van der Waals surface area contributed by atoms with Gasteiger partial charge in [-0.05, 0) is 56.2 Å². The summed E-state index contributed by atoms with van der Waals surface area (Å²) in [6, 6.07) is 16.6. The Balaban J connectivity index is 2.31. The smallest absolute Gasteiger partial charge is 0.0761 e. The third kappa shape index (κ3) is 3.15. The number of aliphatic hydroxyl groups is 1. The molecule has 1 N–H and O–H groups in total. The van der Waals surface area contributed by atoms with Crippen LogP contribution in [0.3, 0.4) is 0 Å². The van der Waals surface area contributed by atoms with Crippen LogP contribution in [0, 0.1) is 6.92 Å². The van der Waals surface area contributed by atoms with Gasteiger partial charge in [-0.1, -0.05) is 24.3 Å². The van der Waals surface area contributed by atoms with Crippen molar-refractivity contribution in [1.29, 1.82) is 0 Å². The van der Waals surface area contributed by atoms with E-state index in [1.165, 1.54) is 11.3 Å². The molecule has 0 aromatic heterocycles. The SMILES string of the molecule is CCN(c1ccc(C(C)O)cc1)c1cccc(C)c1. The maximum atomic E-state index is 9.55. The Morgan fingerprint density at radius 2 is 1.74 bits per heavy atom. The Morgan fingerprint density at radius 1 is 1.05 bits per heavy atom. The third-order valence-electron chi connectivity index (χ3n) is 3.32. The van der Waals surface area contributed by atoms with Gasteiger partial charge in [-0.3, -0.25) is 0 Å². The van der Waals surface area contributed by atoms with Crippen molar-refractivity contribution in [3.63, 3.8) is 0 Å². The Morgan fingerprint density at radius 3 is 2.26 bits per heavy atom. The Bertz CT molecular complexity index is 531. The summed E-state index contributed by atoms with van der Waals surface area (Å²) < 4.78 is 0. The Kier molecular flexibility index (Phi) is 4.23. The van der Waals surface area contributed by atoms with E-state index < -0.39 is 6.10 Å². The summed E-state index contributed by atoms with van der Waals surface area (Å²) >= 11 is 0. The van der Waals surface area contributed by atoms with E-state index in [4.69, 9.17) is 0 Å². The molecule has 0 saturated carbocycles. The van der Waals surface area contributed by atoms with Crippen LogP contribution in [-0.2, 0) is 0 Å². The number of hydrogen-bond acceptors (Lipinski definition) is 2. The predicted octanol–water partition coefficient (Wildman–Crippen LogP) is 4.21. The second-order valence-corrected chi connectivity index (χ2v) is 4.85. The Hall–Kier alpha value is -1.80. The minimum absolute atomic E-state index is 0.414. The molecule has 19 heavy (non-hydrogen) atoms. The highest BCUT2D eigenvalue weighted by molar-refractivity contribution is 5.64. The molecule has 0 saturated heterocycles. The summed E-state index contributed by atoms with van der Waals surface area (Å²) in [5.74, 6) is 0. The number of rotatable bonds is 4. The molecule has 1 atom stereocenters. The molecule has 0 fully saturated rings. The highest BCUT2D eigenvalue weighted by atomic mass is 16.3. The molecule has 100 valence electrons. The number of hydrogen-bond donors (Lipinski definition) is 1. The van der Waals surface area contributed by atoms with Gasteiger partial charge in [0.15, 0.2) is 0 Å². The molecule has 0 amide bonds. The Labute approximate surface area is 115 Å². The largest absolute Gasteiger partial charge is 0.389 e. The molecule has 2 rings (SSSR count). The van der Waals surface area contributed by atoms with Crippen LogP contribution in [0.1, 0.15) is 31.1 Å². The monoisotopic (exact) mass is 255 g/mol. The van der Waals surface area contributed by atoms with Gasteiger partial charge in [-0.25, -0.2) is 0 Å². The predicted molar refractivity (Wildman–Crippen MR) is 80.9 cm³/mol. The zero-order valence-electron chi connectivity index (χ0n) is 11.8. The lowest BCUT2D eigenvalue weighted by molar-refractivity contribution is 0.199. The van der Waals surface area contributed by atoms with Crippen LogP contribution in [0.15, 0.2) is 48.5 Å². The van der Waals surface area contributed by atoms with Crippen molar-refractivity contribution in [2.24, 2.45) is 0 Å². The minimum Gasteiger partial charge on any atom is -0.389 e. The zero-order valence-corrected chi connectivity index (χ0v) is 11.8. The van der Waals surface area contributed by atoms with E-state index in [0.29, 0.717) is 0 Å². The topological polar surface area (TPSA) is 23.5 Å². The van der Waals surface area contributed by atoms with Crippen molar-refractivity contribution in [3.05, 3.63) is 59.7 Å². The second-order valence-electron chi connectivity index (χ2n) is 4.85. The minimum atomic E-state index is -0.414. The zero-order chi connectivity index (χ0) is 13.8. The summed E-state index contributed by atoms with van der Waals surface area (Å²) in [6.07, 6.45) is -0.414. The molecular weight excluding hydrogens is 234 g/mol. The first-order valence-corrected chi connectivity index (χ1v) is 6.74. The summed E-state index contributed by atoms with van der Waals surface area (Å²) in [7, 11) is 0. The molecule has 2 aromatic carbocycles. The summed E-state index contributed by atoms with van der Waals surface area (Å²) in [4.78, 5) is 2.26. The normalized spacial score (nSPS) is 12.2. The summed E-state index contributed by atoms with van der Waals surface area (Å²) in [6.45, 7) is 6.95. The van der Waals surface area contributed by atoms with Crippen molar-refractivity contribution in [3.8, 4) is 0 Å². The summed E-state index contributed by atoms with van der Waals surface area (Å²) in [5.41, 5.74) is 4.56. The molecule has 2 nitrogen and oxygen atoms in total. The van der Waals surface area contributed by atoms with E-state index in [0.717, 1.165) is 17.8 Å². The highest BCUT2D eigenvalue weighted by Gasteiger charge is 2.08. The first-order chi connectivity index (χ1) is 9.11. The van der Waals surface area contributed by atoms with E-state index in [2.05, 4.69) is 55.1 Å². The first kappa shape index (κ1) is 13.6. The van der Waals surface area contributed by atoms with Gasteiger partial charge >= 0.3 is 0 Å². The molecule has 0 heterocycles. The number of anilines is 2. The van der Waals surface area contributed by atoms with Gasteiger partial charge in [0.1, 0.15) is 0 Å². The highest BCUT2D eigenvalue weighted by Crippen LogP contribution is 2.27. The summed E-state index contributed by atoms with van der Waals surface area (Å²) in [5, 5.41) is 9.55. The van der Waals surface area contributed by atoms with E-state index in [-0.39, 0.29) is 0 Å². The third-order valence-corrected chi connectivity index (χ3v) is 3.32. The van der Waals surface area contributed by atoms with Crippen LogP contribution >= 0.6 is 0 Å². The molecule has 0 bridgehead atoms. The molecule has 0 aliphatic heterocycles. The maximum Gasteiger partial charge on any atom is 0.0761 e. The standard InChI is InChI=1S/C17H21NO/c1-4-18(17-7-5-6-13(2)12-17)16-10-8-15(9-11-16)14(3)19/h5-12,14,19H,4H2,1-3H3. The average molecular weight is 255 g/mol. The van der Waals surface area contributed by atoms with E-state index >= 15 is 0 Å². The molecule has 0 aliphatic carbocycles. The van der Waals surface area contributed by atoms with Crippen LogP contribution in [-0.4, -0.2) is 11.7 Å². The van der Waals surface area contributed by atoms with Crippen molar-refractivity contribution >= 4 is 11.4 Å². The van der Waals surface area contributed by atoms with Crippen LogP contribution in [0.5, 0.6) is 0 Å². The van der Waals surface area contributed by atoms with Crippen LogP contribution in [0.2, 0.25) is 0 Å². The molecule has 0 aliphatic rings. The molecule has 2 heteroatoms. The number of aliphatic hydroxyl groups excluding tert-OH is 1. The maximum absolute atomic E-state index is 9.55. The second kappa shape index (κ2) is 5.89. The number of aryl methyl sites for hydroxylation is 1. The molecule has 1 unspecified atom stereocenters. The van der Waals surface area contributed by atoms with Crippen molar-refractivity contribution in [2.75, 3.05) is 11.4 Å². The van der Waals surface area contributed by atoms with Crippen LogP contribution in [0.25, 0.3) is 0 Å². The lowest BCUT2D eigenvalue weighted by Crippen LogP contribution is -2.16. The molecular formula is C17H21NO. The van der Waals surface area contributed by atoms with Crippen molar-refractivity contribution in [2.45, 2.75) is 26.9 Å². The van der Waals surface area contributed by atoms with Crippen LogP contribution < -0.4 is 4.90 Å². The van der Waals surface area contributed by atoms with Crippen LogP contribution in [0.4, 0.5) is 11.4 Å². The lowest BCUT2D eigenvalue weighted by Gasteiger charge is -2.24. The number of benzene rings is 2. The fourth-order valence-electron chi connectivity index (χ4n) is 2.24. The van der Waals surface area contributed by atoms with Gasteiger partial charge in [-0.15, -0.1) is 0 Å². The van der Waals surface area contributed by atoms with Gasteiger partial charge in [0.25, 0.3) is 0 Å². The van der Waals surface area contributed by atoms with Crippen molar-refractivity contribution in [1.82, 2.24) is 0 Å². The van der Waals surface area contributed by atoms with Gasteiger partial charge in [0, 0.05) is 17.9 Å². The van der Waals surface area contributed by atoms with E-state index in [9.17, 15) is 5.11 Å². The average Bonchev–Trinajstić information content (AvgIpc) is 2.40. The molecule has 2 aromatic rings. The quantitative estimate of drug-likeness (QED) is 0.884. The van der Waals surface area contributed by atoms with Gasteiger partial charge in [0.05, 0.1) is 6.10 Å². The first-order valence-electron chi connectivity index (χ1n) is 6.74. The van der Waals surface area contributed by atoms with Gasteiger partial charge in [-0.2, -0.15) is 0 Å². The lowest BCUT2D eigenvalue weighted by atomic mass is 10.1.